The largest absolute Gasteiger partial charge is 0.505 e. The molecule has 0 aliphatic carbocycles. The fourth-order valence-electron chi connectivity index (χ4n) is 0.995. The van der Waals surface area contributed by atoms with E-state index in [0.29, 0.717) is 0 Å². The van der Waals surface area contributed by atoms with Gasteiger partial charge in [0.05, 0.1) is 6.07 Å². The van der Waals surface area contributed by atoms with Crippen molar-refractivity contribution in [2.24, 2.45) is 0 Å². The van der Waals surface area contributed by atoms with Crippen LogP contribution in [0, 0.1) is 23.0 Å². The van der Waals surface area contributed by atoms with Crippen molar-refractivity contribution >= 4 is 0 Å². The summed E-state index contributed by atoms with van der Waals surface area (Å²) >= 11 is 0. The molecular weight excluding hydrogens is 176 g/mol. The average molecular weight is 183 g/mol. The lowest BCUT2D eigenvalue weighted by Crippen LogP contribution is -1.95. The number of benzene rings is 1. The summed E-state index contributed by atoms with van der Waals surface area (Å²) in [5.41, 5.74) is -0.235. The van der Waals surface area contributed by atoms with Crippen LogP contribution >= 0.6 is 0 Å². The van der Waals surface area contributed by atoms with E-state index in [9.17, 15) is 8.78 Å². The third-order valence-electron chi connectivity index (χ3n) is 1.65. The molecule has 68 valence electrons. The Bertz CT molecular complexity index is 357. The minimum atomic E-state index is -0.977. The lowest BCUT2D eigenvalue weighted by molar-refractivity contribution is 0.422. The summed E-state index contributed by atoms with van der Waals surface area (Å²) in [4.78, 5) is 0. The topological polar surface area (TPSA) is 44.0 Å². The molecule has 1 aromatic rings. The van der Waals surface area contributed by atoms with Crippen LogP contribution in [0.3, 0.4) is 0 Å². The number of nitriles is 1. The zero-order chi connectivity index (χ0) is 9.84. The number of halogens is 2. The van der Waals surface area contributed by atoms with Crippen molar-refractivity contribution in [2.75, 3.05) is 0 Å². The van der Waals surface area contributed by atoms with Gasteiger partial charge in [-0.3, -0.25) is 0 Å². The lowest BCUT2D eigenvalue weighted by Gasteiger charge is -2.03. The molecular formula is C9H7F2NO. The SMILES string of the molecule is N#CCCc1c(F)ccc(O)c1F. The van der Waals surface area contributed by atoms with E-state index in [4.69, 9.17) is 10.4 Å². The van der Waals surface area contributed by atoms with Crippen molar-refractivity contribution in [3.63, 3.8) is 0 Å². The number of phenolic OH excluding ortho intramolecular Hbond substituents is 1. The number of hydrogen-bond donors (Lipinski definition) is 1. The Kier molecular flexibility index (Phi) is 2.80. The minimum Gasteiger partial charge on any atom is -0.505 e. The van der Waals surface area contributed by atoms with Crippen molar-refractivity contribution in [3.05, 3.63) is 29.3 Å². The van der Waals surface area contributed by atoms with Gasteiger partial charge in [-0.25, -0.2) is 8.78 Å². The second-order valence-electron chi connectivity index (χ2n) is 2.52. The van der Waals surface area contributed by atoms with E-state index in [1.54, 1.807) is 6.07 Å². The maximum absolute atomic E-state index is 13.0. The summed E-state index contributed by atoms with van der Waals surface area (Å²) in [6.07, 6.45) is -0.000139. The molecule has 0 heterocycles. The Balaban J connectivity index is 3.04. The van der Waals surface area contributed by atoms with Gasteiger partial charge < -0.3 is 5.11 Å². The van der Waals surface area contributed by atoms with E-state index in [1.165, 1.54) is 0 Å². The molecule has 0 fully saturated rings. The van der Waals surface area contributed by atoms with Crippen LogP contribution in [0.15, 0.2) is 12.1 Å². The molecule has 4 heteroatoms. The highest BCUT2D eigenvalue weighted by molar-refractivity contribution is 5.31. The van der Waals surface area contributed by atoms with Crippen molar-refractivity contribution in [1.82, 2.24) is 0 Å². The number of rotatable bonds is 2. The molecule has 1 aromatic carbocycles. The highest BCUT2D eigenvalue weighted by atomic mass is 19.1. The molecule has 0 amide bonds. The Morgan fingerprint density at radius 3 is 2.69 bits per heavy atom. The first-order valence-corrected chi connectivity index (χ1v) is 3.69. The highest BCUT2D eigenvalue weighted by Gasteiger charge is 2.12. The number of hydrogen-bond acceptors (Lipinski definition) is 2. The first-order chi connectivity index (χ1) is 6.16. The fraction of sp³-hybridized carbons (Fsp3) is 0.222. The average Bonchev–Trinajstić information content (AvgIpc) is 2.12. The van der Waals surface area contributed by atoms with Gasteiger partial charge in [-0.2, -0.15) is 5.26 Å². The molecule has 2 nitrogen and oxygen atoms in total. The molecule has 0 spiro atoms. The maximum atomic E-state index is 13.0. The first-order valence-electron chi connectivity index (χ1n) is 3.69. The Labute approximate surface area is 74.0 Å². The van der Waals surface area contributed by atoms with Gasteiger partial charge in [0.2, 0.25) is 0 Å². The predicted molar refractivity (Wildman–Crippen MR) is 42.0 cm³/mol. The molecule has 1 N–H and O–H groups in total. The molecule has 0 radical (unpaired) electrons. The van der Waals surface area contributed by atoms with Crippen LogP contribution in [0.4, 0.5) is 8.78 Å². The molecule has 0 bridgehead atoms. The highest BCUT2D eigenvalue weighted by Crippen LogP contribution is 2.22. The summed E-state index contributed by atoms with van der Waals surface area (Å²) < 4.78 is 25.9. The molecule has 0 atom stereocenters. The van der Waals surface area contributed by atoms with Crippen LogP contribution in [0.1, 0.15) is 12.0 Å². The van der Waals surface area contributed by atoms with Gasteiger partial charge in [-0.1, -0.05) is 0 Å². The van der Waals surface area contributed by atoms with Crippen molar-refractivity contribution < 1.29 is 13.9 Å². The molecule has 0 aliphatic heterocycles. The minimum absolute atomic E-state index is 0.0251. The van der Waals surface area contributed by atoms with Crippen LogP contribution in [0.25, 0.3) is 0 Å². The van der Waals surface area contributed by atoms with Gasteiger partial charge in [-0.05, 0) is 18.6 Å². The first kappa shape index (κ1) is 9.46. The van der Waals surface area contributed by atoms with E-state index in [0.717, 1.165) is 12.1 Å². The zero-order valence-electron chi connectivity index (χ0n) is 6.72. The lowest BCUT2D eigenvalue weighted by atomic mass is 10.1. The second-order valence-corrected chi connectivity index (χ2v) is 2.52. The Morgan fingerprint density at radius 2 is 2.08 bits per heavy atom. The number of aromatic hydroxyl groups is 1. The van der Waals surface area contributed by atoms with Crippen molar-refractivity contribution in [2.45, 2.75) is 12.8 Å². The standard InChI is InChI=1S/C9H7F2NO/c10-7-3-4-8(13)9(11)6(7)2-1-5-12/h3-4,13H,1-2H2. The monoisotopic (exact) mass is 183 g/mol. The van der Waals surface area contributed by atoms with Crippen molar-refractivity contribution in [1.29, 1.82) is 5.26 Å². The Morgan fingerprint density at radius 1 is 1.38 bits per heavy atom. The third-order valence-corrected chi connectivity index (χ3v) is 1.65. The van der Waals surface area contributed by atoms with E-state index in [-0.39, 0.29) is 18.4 Å². The van der Waals surface area contributed by atoms with Crippen molar-refractivity contribution in [3.8, 4) is 11.8 Å². The van der Waals surface area contributed by atoms with Crippen LogP contribution in [0.5, 0.6) is 5.75 Å². The number of phenols is 1. The summed E-state index contributed by atoms with van der Waals surface area (Å²) in [5, 5.41) is 17.1. The van der Waals surface area contributed by atoms with E-state index in [2.05, 4.69) is 0 Å². The summed E-state index contributed by atoms with van der Waals surface area (Å²) in [7, 11) is 0. The van der Waals surface area contributed by atoms with Gasteiger partial charge in [-0.15, -0.1) is 0 Å². The van der Waals surface area contributed by atoms with E-state index >= 15 is 0 Å². The molecule has 0 saturated heterocycles. The quantitative estimate of drug-likeness (QED) is 0.763. The molecule has 1 rings (SSSR count). The third kappa shape index (κ3) is 1.94. The van der Waals surface area contributed by atoms with Crippen LogP contribution in [-0.4, -0.2) is 5.11 Å². The molecule has 0 aliphatic rings. The fourth-order valence-corrected chi connectivity index (χ4v) is 0.995. The summed E-state index contributed by atoms with van der Waals surface area (Å²) in [6.45, 7) is 0. The molecule has 13 heavy (non-hydrogen) atoms. The van der Waals surface area contributed by atoms with Gasteiger partial charge in [0.25, 0.3) is 0 Å². The van der Waals surface area contributed by atoms with E-state index < -0.39 is 17.4 Å². The smallest absolute Gasteiger partial charge is 0.170 e. The van der Waals surface area contributed by atoms with Gasteiger partial charge in [0.1, 0.15) is 5.82 Å². The molecule has 0 unspecified atom stereocenters. The summed E-state index contributed by atoms with van der Waals surface area (Å²) in [5.74, 6) is -2.30. The predicted octanol–water partition coefficient (Wildman–Crippen LogP) is 2.13. The van der Waals surface area contributed by atoms with Crippen LogP contribution in [-0.2, 0) is 6.42 Å². The van der Waals surface area contributed by atoms with E-state index in [1.807, 2.05) is 0 Å². The van der Waals surface area contributed by atoms with Crippen LogP contribution in [0.2, 0.25) is 0 Å². The van der Waals surface area contributed by atoms with Gasteiger partial charge in [0, 0.05) is 12.0 Å². The molecule has 0 saturated carbocycles. The van der Waals surface area contributed by atoms with Gasteiger partial charge in [0.15, 0.2) is 11.6 Å². The van der Waals surface area contributed by atoms with Gasteiger partial charge >= 0.3 is 0 Å². The Hall–Kier alpha value is -1.63. The number of nitrogens with zero attached hydrogens (tertiary/aromatic N) is 1. The zero-order valence-corrected chi connectivity index (χ0v) is 6.72. The maximum Gasteiger partial charge on any atom is 0.170 e. The molecule has 0 aromatic heterocycles. The summed E-state index contributed by atoms with van der Waals surface area (Å²) in [6, 6.07) is 3.70. The van der Waals surface area contributed by atoms with Crippen LogP contribution < -0.4 is 0 Å². The second kappa shape index (κ2) is 3.85. The normalized spacial score (nSPS) is 9.62.